The highest BCUT2D eigenvalue weighted by molar-refractivity contribution is 7.90. The number of hydrogen-bond acceptors (Lipinski definition) is 5. The lowest BCUT2D eigenvalue weighted by Crippen LogP contribution is -2.42. The van der Waals surface area contributed by atoms with Crippen molar-refractivity contribution in [3.05, 3.63) is 59.1 Å². The largest absolute Gasteiger partial charge is 0.385 e. The number of nitrogens with one attached hydrogen (secondary N) is 2. The van der Waals surface area contributed by atoms with E-state index in [-0.39, 0.29) is 5.92 Å². The maximum Gasteiger partial charge on any atom is 0.216 e. The van der Waals surface area contributed by atoms with Gasteiger partial charge in [-0.05, 0) is 94.3 Å². The zero-order valence-corrected chi connectivity index (χ0v) is 22.9. The van der Waals surface area contributed by atoms with E-state index in [0.29, 0.717) is 24.4 Å². The predicted octanol–water partition coefficient (Wildman–Crippen LogP) is 5.37. The van der Waals surface area contributed by atoms with Gasteiger partial charge in [0.1, 0.15) is 0 Å². The van der Waals surface area contributed by atoms with Crippen LogP contribution in [0.2, 0.25) is 5.02 Å². The van der Waals surface area contributed by atoms with Crippen LogP contribution in [-0.4, -0.2) is 44.5 Å². The van der Waals surface area contributed by atoms with E-state index in [2.05, 4.69) is 46.1 Å². The molecule has 1 saturated heterocycles. The Morgan fingerprint density at radius 1 is 1.06 bits per heavy atom. The lowest BCUT2D eigenvalue weighted by molar-refractivity contribution is 0.0118. The van der Waals surface area contributed by atoms with Crippen LogP contribution in [0, 0.1) is 5.92 Å². The number of benzene rings is 2. The van der Waals surface area contributed by atoms with Gasteiger partial charge in [-0.2, -0.15) is 0 Å². The van der Waals surface area contributed by atoms with Crippen LogP contribution in [-0.2, 0) is 15.6 Å². The van der Waals surface area contributed by atoms with Gasteiger partial charge in [0.25, 0.3) is 0 Å². The lowest BCUT2D eigenvalue weighted by Gasteiger charge is -2.39. The maximum absolute atomic E-state index is 12.2. The Kier molecular flexibility index (Phi) is 9.13. The molecule has 8 heteroatoms. The zero-order chi connectivity index (χ0) is 25.7. The highest BCUT2D eigenvalue weighted by atomic mass is 35.5. The predicted molar refractivity (Wildman–Crippen MR) is 147 cm³/mol. The molecule has 1 aliphatic heterocycles. The van der Waals surface area contributed by atoms with E-state index in [9.17, 15) is 13.5 Å². The fourth-order valence-corrected chi connectivity index (χ4v) is 5.29. The van der Waals surface area contributed by atoms with Crippen LogP contribution in [0.4, 0.5) is 11.4 Å². The smallest absolute Gasteiger partial charge is 0.216 e. The maximum atomic E-state index is 12.2. The van der Waals surface area contributed by atoms with Crippen molar-refractivity contribution in [1.82, 2.24) is 4.72 Å². The Bertz CT molecular complexity index is 1040. The third-order valence-corrected chi connectivity index (χ3v) is 9.25. The van der Waals surface area contributed by atoms with E-state index in [1.807, 2.05) is 24.3 Å². The normalized spacial score (nSPS) is 17.3. The van der Waals surface area contributed by atoms with Crippen LogP contribution in [0.5, 0.6) is 0 Å². The fourth-order valence-electron chi connectivity index (χ4n) is 4.23. The molecule has 1 atom stereocenters. The molecule has 1 aliphatic rings. The van der Waals surface area contributed by atoms with Crippen LogP contribution in [0.25, 0.3) is 0 Å². The van der Waals surface area contributed by atoms with E-state index in [0.717, 1.165) is 49.4 Å². The van der Waals surface area contributed by atoms with Gasteiger partial charge in [-0.15, -0.1) is 0 Å². The molecule has 0 bridgehead atoms. The van der Waals surface area contributed by atoms with Crippen molar-refractivity contribution in [2.24, 2.45) is 5.92 Å². The van der Waals surface area contributed by atoms with Gasteiger partial charge in [0.05, 0.1) is 10.3 Å². The molecule has 0 aromatic heterocycles. The molecule has 0 aliphatic carbocycles. The van der Waals surface area contributed by atoms with E-state index in [1.165, 1.54) is 0 Å². The number of anilines is 2. The van der Waals surface area contributed by atoms with Gasteiger partial charge < -0.3 is 15.3 Å². The summed E-state index contributed by atoms with van der Waals surface area (Å²) in [5.41, 5.74) is 2.37. The second kappa shape index (κ2) is 11.5. The van der Waals surface area contributed by atoms with Crippen molar-refractivity contribution in [3.63, 3.8) is 0 Å². The number of rotatable bonds is 10. The highest BCUT2D eigenvalue weighted by Crippen LogP contribution is 2.35. The Morgan fingerprint density at radius 2 is 1.66 bits per heavy atom. The second-order valence-corrected chi connectivity index (χ2v) is 13.7. The van der Waals surface area contributed by atoms with Gasteiger partial charge in [0, 0.05) is 42.6 Å². The number of aliphatic hydroxyl groups is 1. The quantitative estimate of drug-likeness (QED) is 0.366. The van der Waals surface area contributed by atoms with Crippen LogP contribution in [0.1, 0.15) is 58.9 Å². The van der Waals surface area contributed by atoms with E-state index in [1.54, 1.807) is 20.8 Å². The molecule has 1 unspecified atom stereocenters. The third-order valence-electron chi connectivity index (χ3n) is 6.84. The van der Waals surface area contributed by atoms with E-state index in [4.69, 9.17) is 11.6 Å². The Balaban J connectivity index is 1.39. The summed E-state index contributed by atoms with van der Waals surface area (Å²) >= 11 is 5.99. The summed E-state index contributed by atoms with van der Waals surface area (Å²) in [6.07, 6.45) is 3.27. The monoisotopic (exact) mass is 521 g/mol. The summed E-state index contributed by atoms with van der Waals surface area (Å²) in [5.74, 6) is 0.280. The Morgan fingerprint density at radius 3 is 2.23 bits per heavy atom. The summed E-state index contributed by atoms with van der Waals surface area (Å²) in [7, 11) is -3.29. The molecule has 2 aromatic carbocycles. The average molecular weight is 522 g/mol. The fraction of sp³-hybridized carbons (Fsp3) is 0.556. The van der Waals surface area contributed by atoms with Gasteiger partial charge in [-0.25, -0.2) is 13.1 Å². The minimum atomic E-state index is -3.29. The first-order valence-electron chi connectivity index (χ1n) is 12.5. The second-order valence-electron chi connectivity index (χ2n) is 10.7. The SMILES string of the molecule is CC(CCCNc1ccc(N2CCC(O)(c3ccc(Cl)cc3)CC2)cc1)CNS(=O)(=O)C(C)(C)C. The van der Waals surface area contributed by atoms with Crippen LogP contribution >= 0.6 is 11.6 Å². The first kappa shape index (κ1) is 27.8. The highest BCUT2D eigenvalue weighted by Gasteiger charge is 2.34. The average Bonchev–Trinajstić information content (AvgIpc) is 2.81. The molecular weight excluding hydrogens is 482 g/mol. The molecule has 0 spiro atoms. The van der Waals surface area contributed by atoms with Gasteiger partial charge in [-0.3, -0.25) is 0 Å². The van der Waals surface area contributed by atoms with Gasteiger partial charge >= 0.3 is 0 Å². The van der Waals surface area contributed by atoms with Crippen molar-refractivity contribution in [2.75, 3.05) is 36.4 Å². The number of piperidine rings is 1. The van der Waals surface area contributed by atoms with Crippen LogP contribution < -0.4 is 14.9 Å². The minimum absolute atomic E-state index is 0.280. The number of hydrogen-bond donors (Lipinski definition) is 3. The zero-order valence-electron chi connectivity index (χ0n) is 21.4. The van der Waals surface area contributed by atoms with E-state index >= 15 is 0 Å². The first-order valence-corrected chi connectivity index (χ1v) is 14.3. The molecule has 0 saturated carbocycles. The van der Waals surface area contributed by atoms with Crippen LogP contribution in [0.3, 0.4) is 0 Å². The molecule has 35 heavy (non-hydrogen) atoms. The minimum Gasteiger partial charge on any atom is -0.385 e. The first-order chi connectivity index (χ1) is 16.4. The van der Waals surface area contributed by atoms with Crippen molar-refractivity contribution >= 4 is 33.0 Å². The standard InChI is InChI=1S/C27H40ClN3O3S/c1-21(20-30-35(33,34)26(2,3)4)6-5-17-29-24-11-13-25(14-12-24)31-18-15-27(32,16-19-31)22-7-9-23(28)10-8-22/h7-14,21,29-30,32H,5-6,15-20H2,1-4H3. The van der Waals surface area contributed by atoms with Crippen LogP contribution in [0.15, 0.2) is 48.5 Å². The molecule has 6 nitrogen and oxygen atoms in total. The third kappa shape index (κ3) is 7.59. The summed E-state index contributed by atoms with van der Waals surface area (Å²) in [6.45, 7) is 10.1. The number of halogens is 1. The molecule has 194 valence electrons. The summed E-state index contributed by atoms with van der Waals surface area (Å²) in [6, 6.07) is 15.9. The molecule has 0 radical (unpaired) electrons. The molecular formula is C27H40ClN3O3S. The van der Waals surface area contributed by atoms with Gasteiger partial charge in [0.2, 0.25) is 10.0 Å². The summed E-state index contributed by atoms with van der Waals surface area (Å²) < 4.78 is 26.3. The van der Waals surface area contributed by atoms with Crippen molar-refractivity contribution in [2.45, 2.75) is 63.7 Å². The summed E-state index contributed by atoms with van der Waals surface area (Å²) in [5, 5.41) is 15.2. The Hall–Kier alpha value is -1.80. The molecule has 1 fully saturated rings. The Labute approximate surface area is 216 Å². The molecule has 1 heterocycles. The molecule has 0 amide bonds. The van der Waals surface area contributed by atoms with Gasteiger partial charge in [0.15, 0.2) is 0 Å². The van der Waals surface area contributed by atoms with Crippen molar-refractivity contribution in [1.29, 1.82) is 0 Å². The van der Waals surface area contributed by atoms with Crippen molar-refractivity contribution in [3.8, 4) is 0 Å². The number of nitrogens with zero attached hydrogens (tertiary/aromatic N) is 1. The molecule has 3 rings (SSSR count). The van der Waals surface area contributed by atoms with Crippen molar-refractivity contribution < 1.29 is 13.5 Å². The molecule has 3 N–H and O–H groups in total. The lowest BCUT2D eigenvalue weighted by atomic mass is 9.84. The van der Waals surface area contributed by atoms with Gasteiger partial charge in [-0.1, -0.05) is 30.7 Å². The summed E-state index contributed by atoms with van der Waals surface area (Å²) in [4.78, 5) is 2.31. The van der Waals surface area contributed by atoms with E-state index < -0.39 is 20.4 Å². The number of sulfonamides is 1. The topological polar surface area (TPSA) is 81.7 Å². The molecule has 2 aromatic rings.